The molecule has 0 saturated heterocycles. The van der Waals surface area contributed by atoms with Crippen molar-refractivity contribution in [1.82, 2.24) is 34.2 Å². The van der Waals surface area contributed by atoms with Gasteiger partial charge in [-0.15, -0.1) is 22.7 Å². The predicted molar refractivity (Wildman–Crippen MR) is 203 cm³/mol. The van der Waals surface area contributed by atoms with Crippen molar-refractivity contribution in [1.29, 1.82) is 0 Å². The highest BCUT2D eigenvalue weighted by molar-refractivity contribution is 7.14. The van der Waals surface area contributed by atoms with Gasteiger partial charge in [0.15, 0.2) is 17.3 Å². The van der Waals surface area contributed by atoms with Crippen LogP contribution in [0.5, 0.6) is 0 Å². The first-order valence-electron chi connectivity index (χ1n) is 16.8. The maximum Gasteiger partial charge on any atom is 0.305 e. The summed E-state index contributed by atoms with van der Waals surface area (Å²) in [6.45, 7) is 0. The number of aromatic nitrogens is 7. The minimum absolute atomic E-state index is 0.408. The minimum atomic E-state index is 0.408. The molecule has 0 aromatic carbocycles. The summed E-state index contributed by atoms with van der Waals surface area (Å²) in [5.74, 6) is 1.69. The number of furan rings is 2. The molecule has 0 aliphatic carbocycles. The molecule has 0 bridgehead atoms. The van der Waals surface area contributed by atoms with E-state index in [9.17, 15) is 0 Å². The zero-order valence-corrected chi connectivity index (χ0v) is 29.8. The molecule has 15 heteroatoms. The van der Waals surface area contributed by atoms with E-state index in [2.05, 4.69) is 31.1 Å². The molecule has 0 spiro atoms. The van der Waals surface area contributed by atoms with Gasteiger partial charge in [-0.2, -0.15) is 0 Å². The molecule has 0 aliphatic rings. The van der Waals surface area contributed by atoms with Crippen LogP contribution in [0.25, 0.3) is 95.0 Å². The van der Waals surface area contributed by atoms with Gasteiger partial charge in [0.2, 0.25) is 0 Å². The van der Waals surface area contributed by atoms with E-state index in [0.717, 1.165) is 54.8 Å². The summed E-state index contributed by atoms with van der Waals surface area (Å²) < 4.78 is 40.2. The van der Waals surface area contributed by atoms with Gasteiger partial charge in [0.1, 0.15) is 30.2 Å². The van der Waals surface area contributed by atoms with Gasteiger partial charge in [0, 0.05) is 58.0 Å². The van der Waals surface area contributed by atoms with Crippen LogP contribution in [0, 0.1) is 0 Å². The van der Waals surface area contributed by atoms with Crippen LogP contribution in [0.1, 0.15) is 0 Å². The smallest absolute Gasteiger partial charge is 0.305 e. The van der Waals surface area contributed by atoms with Gasteiger partial charge in [-0.25, -0.2) is 4.98 Å². The molecule has 13 nitrogen and oxygen atoms in total. The number of hydrogen-bond acceptors (Lipinski definition) is 12. The van der Waals surface area contributed by atoms with Gasteiger partial charge >= 0.3 is 6.01 Å². The fraction of sp³-hybridized carbons (Fsp3) is 0. The third-order valence-corrected chi connectivity index (χ3v) is 11.1. The van der Waals surface area contributed by atoms with Crippen molar-refractivity contribution in [2.24, 2.45) is 0 Å². The second-order valence-electron chi connectivity index (χ2n) is 12.3. The van der Waals surface area contributed by atoms with E-state index in [1.165, 1.54) is 11.3 Å². The summed E-state index contributed by atoms with van der Waals surface area (Å²) in [6, 6.07) is 20.4. The molecule has 11 heterocycles. The number of hydrogen-bond donors (Lipinski definition) is 0. The molecule has 266 valence electrons. The number of thiophene rings is 2. The fourth-order valence-corrected chi connectivity index (χ4v) is 8.47. The van der Waals surface area contributed by atoms with Crippen molar-refractivity contribution in [2.75, 3.05) is 0 Å². The van der Waals surface area contributed by atoms with Gasteiger partial charge < -0.3 is 31.4 Å². The summed E-state index contributed by atoms with van der Waals surface area (Å²) in [4.78, 5) is 6.17. The van der Waals surface area contributed by atoms with Crippen LogP contribution in [0.4, 0.5) is 0 Å². The van der Waals surface area contributed by atoms with Crippen LogP contribution in [0.3, 0.4) is 0 Å². The number of oxazole rings is 1. The minimum Gasteiger partial charge on any atom is -0.472 e. The first-order valence-corrected chi connectivity index (χ1v) is 18.6. The monoisotopic (exact) mass is 761 g/mol. The number of nitrogens with zero attached hydrogens (tertiary/aromatic N) is 7. The van der Waals surface area contributed by atoms with Crippen molar-refractivity contribution >= 4 is 22.7 Å². The van der Waals surface area contributed by atoms with Gasteiger partial charge in [0.05, 0.1) is 58.1 Å². The van der Waals surface area contributed by atoms with Crippen LogP contribution < -0.4 is 0 Å². The molecule has 11 aromatic heterocycles. The first-order chi connectivity index (χ1) is 27.3. The molecule has 55 heavy (non-hydrogen) atoms. The van der Waals surface area contributed by atoms with Crippen LogP contribution in [0.2, 0.25) is 0 Å². The SMILES string of the molecule is c1csc(-c2c(-c3ccoc3)coc2-c2ccsc2-c2nocc2-c2conc2-c2cc(-n3cccc3-c3cccn3-c3ccn(-c4ncco4)c3)no2)c1. The molecular weight excluding hydrogens is 739 g/mol. The molecule has 0 unspecified atom stereocenters. The summed E-state index contributed by atoms with van der Waals surface area (Å²) in [5, 5.41) is 17.3. The summed E-state index contributed by atoms with van der Waals surface area (Å²) in [5.41, 5.74) is 8.86. The highest BCUT2D eigenvalue weighted by atomic mass is 32.1. The van der Waals surface area contributed by atoms with Crippen molar-refractivity contribution in [2.45, 2.75) is 0 Å². The van der Waals surface area contributed by atoms with Gasteiger partial charge in [-0.1, -0.05) is 21.5 Å². The molecule has 0 atom stereocenters. The Morgan fingerprint density at radius 3 is 2.33 bits per heavy atom. The topological polar surface area (TPSA) is 145 Å². The van der Waals surface area contributed by atoms with Gasteiger partial charge in [-0.05, 0) is 59.3 Å². The normalized spacial score (nSPS) is 11.6. The Bertz CT molecular complexity index is 3010. The fourth-order valence-electron chi connectivity index (χ4n) is 6.81. The van der Waals surface area contributed by atoms with Crippen LogP contribution in [-0.4, -0.2) is 34.2 Å². The van der Waals surface area contributed by atoms with E-state index >= 15 is 0 Å². The zero-order chi connectivity index (χ0) is 36.3. The van der Waals surface area contributed by atoms with Crippen molar-refractivity contribution in [3.8, 4) is 95.0 Å². The van der Waals surface area contributed by atoms with Gasteiger partial charge in [0.25, 0.3) is 0 Å². The van der Waals surface area contributed by atoms with E-state index in [4.69, 9.17) is 26.8 Å². The predicted octanol–water partition coefficient (Wildman–Crippen LogP) is 11.0. The molecule has 0 amide bonds. The molecule has 11 aromatic rings. The van der Waals surface area contributed by atoms with E-state index in [0.29, 0.717) is 40.1 Å². The quantitative estimate of drug-likeness (QED) is 0.132. The van der Waals surface area contributed by atoms with E-state index in [1.54, 1.807) is 55.1 Å². The number of rotatable bonds is 10. The highest BCUT2D eigenvalue weighted by Crippen LogP contribution is 2.49. The molecule has 0 N–H and O–H groups in total. The second kappa shape index (κ2) is 12.6. The Labute approximate surface area is 317 Å². The lowest BCUT2D eigenvalue weighted by molar-refractivity contribution is 0.405. The Kier molecular flexibility index (Phi) is 7.17. The largest absolute Gasteiger partial charge is 0.472 e. The maximum absolute atomic E-state index is 6.32. The average Bonchev–Trinajstić information content (AvgIpc) is 4.07. The summed E-state index contributed by atoms with van der Waals surface area (Å²) in [6.07, 6.45) is 19.2. The molecule has 0 aliphatic heterocycles. The van der Waals surface area contributed by atoms with E-state index in [1.807, 2.05) is 99.3 Å². The molecule has 0 fully saturated rings. The summed E-state index contributed by atoms with van der Waals surface area (Å²) >= 11 is 3.17. The average molecular weight is 762 g/mol. The molecular formula is C40H23N7O6S2. The van der Waals surface area contributed by atoms with E-state index in [-0.39, 0.29) is 0 Å². The molecule has 0 saturated carbocycles. The zero-order valence-electron chi connectivity index (χ0n) is 28.2. The van der Waals surface area contributed by atoms with Crippen LogP contribution in [-0.2, 0) is 0 Å². The standard InChI is InChI=1S/C40H23N7O6S2/c1-4-30(46(11-1)25-7-13-45(19-25)40-41-10-15-49-40)31-5-2-12-47(31)34-18-32(53-42-34)36-28(22-51-43-36)29-23-52-44-37(29)39-26(9-17-55-39)38-35(33-6-3-16-54-33)27(21-50-38)24-8-14-48-20-24/h1-23H. The molecule has 0 radical (unpaired) electrons. The van der Waals surface area contributed by atoms with E-state index < -0.39 is 0 Å². The third-order valence-electron chi connectivity index (χ3n) is 9.28. The first kappa shape index (κ1) is 31.2. The highest BCUT2D eigenvalue weighted by Gasteiger charge is 2.28. The lowest BCUT2D eigenvalue weighted by Gasteiger charge is -2.09. The second-order valence-corrected chi connectivity index (χ2v) is 14.2. The maximum atomic E-state index is 6.32. The van der Waals surface area contributed by atoms with Crippen molar-refractivity contribution in [3.63, 3.8) is 0 Å². The van der Waals surface area contributed by atoms with Crippen molar-refractivity contribution < 1.29 is 26.8 Å². The van der Waals surface area contributed by atoms with Crippen molar-refractivity contribution in [3.05, 3.63) is 140 Å². The Morgan fingerprint density at radius 1 is 0.655 bits per heavy atom. The van der Waals surface area contributed by atoms with Crippen LogP contribution in [0.15, 0.2) is 167 Å². The van der Waals surface area contributed by atoms with Crippen LogP contribution >= 0.6 is 22.7 Å². The Balaban J connectivity index is 0.934. The Morgan fingerprint density at radius 2 is 1.51 bits per heavy atom. The Hall–Kier alpha value is -7.36. The van der Waals surface area contributed by atoms with Gasteiger partial charge in [-0.3, -0.25) is 9.13 Å². The lowest BCUT2D eigenvalue weighted by atomic mass is 9.99. The lowest BCUT2D eigenvalue weighted by Crippen LogP contribution is -2.00. The molecule has 11 rings (SSSR count). The third kappa shape index (κ3) is 5.13. The summed E-state index contributed by atoms with van der Waals surface area (Å²) in [7, 11) is 0.